The zero-order valence-electron chi connectivity index (χ0n) is 23.5. The number of hydrogen-bond acceptors (Lipinski definition) is 7. The Hall–Kier alpha value is -4.58. The minimum atomic E-state index is -3.43. The fourth-order valence-corrected chi connectivity index (χ4v) is 5.80. The average molecular weight is 607 g/mol. The number of rotatable bonds is 10. The van der Waals surface area contributed by atoms with Crippen LogP contribution in [-0.4, -0.2) is 65.7 Å². The number of halogens is 1. The third-order valence-corrected chi connectivity index (χ3v) is 8.57. The zero-order valence-corrected chi connectivity index (χ0v) is 24.4. The van der Waals surface area contributed by atoms with Gasteiger partial charge in [0, 0.05) is 38.5 Å². The first-order chi connectivity index (χ1) is 20.5. The lowest BCUT2D eigenvalue weighted by atomic mass is 10.0. The van der Waals surface area contributed by atoms with Gasteiger partial charge in [0.2, 0.25) is 5.91 Å². The molecule has 12 heteroatoms. The molecule has 1 aliphatic rings. The van der Waals surface area contributed by atoms with E-state index in [0.29, 0.717) is 43.5 Å². The molecule has 1 aliphatic heterocycles. The fourth-order valence-electron chi connectivity index (χ4n) is 5.17. The van der Waals surface area contributed by atoms with Gasteiger partial charge in [0.05, 0.1) is 17.0 Å². The summed E-state index contributed by atoms with van der Waals surface area (Å²) in [5.41, 5.74) is 1.20. The van der Waals surface area contributed by atoms with Gasteiger partial charge in [-0.2, -0.15) is 0 Å². The Morgan fingerprint density at radius 3 is 2.40 bits per heavy atom. The third kappa shape index (κ3) is 6.75. The molecular formula is C31H31FN4O6S. The minimum Gasteiger partial charge on any atom is -0.505 e. The van der Waals surface area contributed by atoms with Crippen molar-refractivity contribution < 1.29 is 27.5 Å². The van der Waals surface area contributed by atoms with Crippen molar-refractivity contribution in [2.45, 2.75) is 37.1 Å². The number of nitrogens with zero attached hydrogens (tertiary/aromatic N) is 3. The third-order valence-electron chi connectivity index (χ3n) is 7.44. The summed E-state index contributed by atoms with van der Waals surface area (Å²) in [6.07, 6.45) is 4.82. The van der Waals surface area contributed by atoms with E-state index < -0.39 is 32.6 Å². The summed E-state index contributed by atoms with van der Waals surface area (Å²) in [5.74, 6) is -1.60. The molecule has 5 rings (SSSR count). The standard InChI is InChI=1S/C31H31FN4O6S/c1-43(41,42)24-11-7-21(8-12-24)19-36-25-17-22(16-20-5-9-23(32)10-6-20)18-34-28(25)29(38)27(31(36)40)30(39)33-13-3-15-35-14-2-4-26(35)37/h5-12,17-18,38H,2-4,13-16,19H2,1H3,(H,33,39). The molecule has 0 aliphatic carbocycles. The number of aromatic hydroxyl groups is 1. The van der Waals surface area contributed by atoms with Crippen LogP contribution in [0.15, 0.2) is 70.5 Å². The topological polar surface area (TPSA) is 139 Å². The van der Waals surface area contributed by atoms with E-state index in [4.69, 9.17) is 0 Å². The van der Waals surface area contributed by atoms with Gasteiger partial charge in [-0.15, -0.1) is 0 Å². The van der Waals surface area contributed by atoms with E-state index in [0.717, 1.165) is 18.2 Å². The van der Waals surface area contributed by atoms with Crippen LogP contribution in [-0.2, 0) is 27.6 Å². The van der Waals surface area contributed by atoms with Crippen LogP contribution in [0.25, 0.3) is 11.0 Å². The van der Waals surface area contributed by atoms with Gasteiger partial charge in [-0.1, -0.05) is 24.3 Å². The summed E-state index contributed by atoms with van der Waals surface area (Å²) < 4.78 is 38.6. The maximum absolute atomic E-state index is 13.8. The average Bonchev–Trinajstić information content (AvgIpc) is 3.38. The van der Waals surface area contributed by atoms with Gasteiger partial charge in [0.1, 0.15) is 16.9 Å². The summed E-state index contributed by atoms with van der Waals surface area (Å²) in [6.45, 7) is 1.33. The molecule has 4 aromatic rings. The molecule has 43 heavy (non-hydrogen) atoms. The first-order valence-corrected chi connectivity index (χ1v) is 15.7. The van der Waals surface area contributed by atoms with Gasteiger partial charge >= 0.3 is 0 Å². The lowest BCUT2D eigenvalue weighted by molar-refractivity contribution is -0.127. The van der Waals surface area contributed by atoms with E-state index in [-0.39, 0.29) is 40.7 Å². The number of hydrogen-bond donors (Lipinski definition) is 2. The van der Waals surface area contributed by atoms with Crippen molar-refractivity contribution >= 4 is 32.7 Å². The predicted octanol–water partition coefficient (Wildman–Crippen LogP) is 3.03. The SMILES string of the molecule is CS(=O)(=O)c1ccc(Cn2c(=O)c(C(=O)NCCCN3CCCC3=O)c(O)c3ncc(Cc4ccc(F)cc4)cc32)cc1. The van der Waals surface area contributed by atoms with Crippen LogP contribution in [0.2, 0.25) is 0 Å². The Balaban J connectivity index is 1.49. The van der Waals surface area contributed by atoms with E-state index in [1.165, 1.54) is 35.0 Å². The van der Waals surface area contributed by atoms with Crippen LogP contribution in [0.1, 0.15) is 46.3 Å². The van der Waals surface area contributed by atoms with Crippen molar-refractivity contribution in [3.8, 4) is 5.75 Å². The molecular weight excluding hydrogens is 575 g/mol. The number of carbonyl (C=O) groups excluding carboxylic acids is 2. The normalized spacial score (nSPS) is 13.5. The van der Waals surface area contributed by atoms with Gasteiger partial charge in [-0.3, -0.25) is 19.4 Å². The van der Waals surface area contributed by atoms with Crippen LogP contribution in [0.3, 0.4) is 0 Å². The number of pyridine rings is 2. The molecule has 10 nitrogen and oxygen atoms in total. The summed E-state index contributed by atoms with van der Waals surface area (Å²) in [5, 5.41) is 13.8. The van der Waals surface area contributed by atoms with E-state index in [1.54, 1.807) is 35.2 Å². The molecule has 2 aromatic heterocycles. The number of aromatic nitrogens is 2. The zero-order chi connectivity index (χ0) is 30.7. The van der Waals surface area contributed by atoms with Crippen LogP contribution in [0, 0.1) is 5.82 Å². The molecule has 0 radical (unpaired) electrons. The van der Waals surface area contributed by atoms with Gasteiger partial charge in [0.15, 0.2) is 15.6 Å². The molecule has 3 heterocycles. The highest BCUT2D eigenvalue weighted by atomic mass is 32.2. The summed E-state index contributed by atoms with van der Waals surface area (Å²) >= 11 is 0. The van der Waals surface area contributed by atoms with Crippen LogP contribution in [0.5, 0.6) is 5.75 Å². The Labute approximate surface area is 247 Å². The smallest absolute Gasteiger partial charge is 0.268 e. The second-order valence-electron chi connectivity index (χ2n) is 10.6. The number of carbonyl (C=O) groups is 2. The molecule has 2 aromatic carbocycles. The lowest BCUT2D eigenvalue weighted by Crippen LogP contribution is -2.35. The van der Waals surface area contributed by atoms with Crippen LogP contribution < -0.4 is 10.9 Å². The summed E-state index contributed by atoms with van der Waals surface area (Å²) in [4.78, 5) is 45.1. The van der Waals surface area contributed by atoms with Gasteiger partial charge in [-0.25, -0.2) is 12.8 Å². The molecule has 2 N–H and O–H groups in total. The highest BCUT2D eigenvalue weighted by Gasteiger charge is 2.24. The molecule has 1 fully saturated rings. The van der Waals surface area contributed by atoms with E-state index in [9.17, 15) is 32.3 Å². The summed E-state index contributed by atoms with van der Waals surface area (Å²) in [6, 6.07) is 13.7. The highest BCUT2D eigenvalue weighted by molar-refractivity contribution is 7.90. The lowest BCUT2D eigenvalue weighted by Gasteiger charge is -2.17. The first kappa shape index (κ1) is 29.9. The number of nitrogens with one attached hydrogen (secondary N) is 1. The van der Waals surface area contributed by atoms with Gasteiger partial charge in [0.25, 0.3) is 11.5 Å². The van der Waals surface area contributed by atoms with E-state index in [1.807, 2.05) is 0 Å². The number of benzene rings is 2. The Kier molecular flexibility index (Phi) is 8.58. The molecule has 0 unspecified atom stereocenters. The second kappa shape index (κ2) is 12.3. The molecule has 0 spiro atoms. The molecule has 0 bridgehead atoms. The fraction of sp³-hybridized carbons (Fsp3) is 0.290. The Morgan fingerprint density at radius 1 is 1.05 bits per heavy atom. The monoisotopic (exact) mass is 606 g/mol. The first-order valence-electron chi connectivity index (χ1n) is 13.8. The van der Waals surface area contributed by atoms with Gasteiger partial charge < -0.3 is 19.9 Å². The maximum Gasteiger partial charge on any atom is 0.268 e. The van der Waals surface area contributed by atoms with Crippen molar-refractivity contribution in [2.75, 3.05) is 25.9 Å². The van der Waals surface area contributed by atoms with Crippen molar-refractivity contribution in [1.29, 1.82) is 0 Å². The molecule has 2 amide bonds. The van der Waals surface area contributed by atoms with E-state index >= 15 is 0 Å². The number of fused-ring (bicyclic) bond motifs is 1. The molecule has 0 saturated carbocycles. The van der Waals surface area contributed by atoms with Crippen molar-refractivity contribution in [3.63, 3.8) is 0 Å². The van der Waals surface area contributed by atoms with Crippen LogP contribution >= 0.6 is 0 Å². The van der Waals surface area contributed by atoms with Gasteiger partial charge in [-0.05, 0) is 66.3 Å². The molecule has 1 saturated heterocycles. The number of likely N-dealkylation sites (tertiary alicyclic amines) is 1. The number of sulfone groups is 1. The molecule has 224 valence electrons. The van der Waals surface area contributed by atoms with Crippen molar-refractivity contribution in [3.05, 3.63) is 99.2 Å². The predicted molar refractivity (Wildman–Crippen MR) is 158 cm³/mol. The van der Waals surface area contributed by atoms with Crippen LogP contribution in [0.4, 0.5) is 4.39 Å². The Morgan fingerprint density at radius 2 is 1.74 bits per heavy atom. The Bertz CT molecular complexity index is 1850. The summed E-state index contributed by atoms with van der Waals surface area (Å²) in [7, 11) is -3.43. The van der Waals surface area contributed by atoms with Crippen molar-refractivity contribution in [2.24, 2.45) is 0 Å². The van der Waals surface area contributed by atoms with Crippen molar-refractivity contribution in [1.82, 2.24) is 19.8 Å². The minimum absolute atomic E-state index is 0.0291. The van der Waals surface area contributed by atoms with E-state index in [2.05, 4.69) is 10.3 Å². The quantitative estimate of drug-likeness (QED) is 0.265. The number of amides is 2. The highest BCUT2D eigenvalue weighted by Crippen LogP contribution is 2.27. The maximum atomic E-state index is 13.8. The molecule has 0 atom stereocenters. The second-order valence-corrected chi connectivity index (χ2v) is 12.7. The largest absolute Gasteiger partial charge is 0.505 e.